The topological polar surface area (TPSA) is 74.3 Å². The Labute approximate surface area is 155 Å². The summed E-state index contributed by atoms with van der Waals surface area (Å²) in [6.45, 7) is 5.00. The molecule has 0 aliphatic carbocycles. The number of carbonyl (C=O) groups is 2. The number of esters is 1. The minimum Gasteiger partial charge on any atom is -0.493 e. The molecule has 0 aliphatic heterocycles. The number of methoxy groups -OCH3 is 3. The van der Waals surface area contributed by atoms with Gasteiger partial charge in [-0.05, 0) is 25.5 Å². The lowest BCUT2D eigenvalue weighted by Gasteiger charge is -2.23. The van der Waals surface area contributed by atoms with Gasteiger partial charge in [0.1, 0.15) is 0 Å². The van der Waals surface area contributed by atoms with Crippen molar-refractivity contribution < 1.29 is 28.5 Å². The van der Waals surface area contributed by atoms with Crippen LogP contribution in [0.25, 0.3) is 0 Å². The third-order valence-corrected chi connectivity index (χ3v) is 3.87. The summed E-state index contributed by atoms with van der Waals surface area (Å²) in [6.07, 6.45) is 1.95. The van der Waals surface area contributed by atoms with E-state index in [9.17, 15) is 9.59 Å². The van der Waals surface area contributed by atoms with Crippen molar-refractivity contribution in [3.8, 4) is 17.2 Å². The minimum atomic E-state index is -0.313. The van der Waals surface area contributed by atoms with Gasteiger partial charge < -0.3 is 23.8 Å². The van der Waals surface area contributed by atoms with Crippen molar-refractivity contribution in [3.63, 3.8) is 0 Å². The number of amides is 1. The quantitative estimate of drug-likeness (QED) is 0.560. The first-order valence-corrected chi connectivity index (χ1v) is 8.77. The van der Waals surface area contributed by atoms with Gasteiger partial charge in [-0.1, -0.05) is 13.3 Å². The molecule has 1 aromatic carbocycles. The third kappa shape index (κ3) is 5.82. The molecular formula is C19H29NO6. The summed E-state index contributed by atoms with van der Waals surface area (Å²) in [5, 5.41) is 0. The first-order chi connectivity index (χ1) is 12.5. The second-order valence-corrected chi connectivity index (χ2v) is 5.61. The second-order valence-electron chi connectivity index (χ2n) is 5.61. The van der Waals surface area contributed by atoms with Gasteiger partial charge in [0.15, 0.2) is 11.5 Å². The summed E-state index contributed by atoms with van der Waals surface area (Å²) >= 11 is 0. The Balaban J connectivity index is 3.07. The van der Waals surface area contributed by atoms with Crippen molar-refractivity contribution >= 4 is 11.9 Å². The second kappa shape index (κ2) is 11.2. The van der Waals surface area contributed by atoms with Crippen LogP contribution < -0.4 is 14.2 Å². The van der Waals surface area contributed by atoms with Crippen LogP contribution in [0.3, 0.4) is 0 Å². The number of hydrogen-bond donors (Lipinski definition) is 0. The largest absolute Gasteiger partial charge is 0.493 e. The average molecular weight is 367 g/mol. The van der Waals surface area contributed by atoms with E-state index >= 15 is 0 Å². The summed E-state index contributed by atoms with van der Waals surface area (Å²) in [5.74, 6) is 0.749. The Bertz CT molecular complexity index is 577. The molecule has 7 heteroatoms. The maximum Gasteiger partial charge on any atom is 0.307 e. The number of ether oxygens (including phenoxy) is 4. The van der Waals surface area contributed by atoms with Crippen LogP contribution in [0.15, 0.2) is 12.1 Å². The van der Waals surface area contributed by atoms with Crippen molar-refractivity contribution in [1.29, 1.82) is 0 Å². The SMILES string of the molecule is CCCCN(CCC(=O)OCC)C(=O)c1cc(OC)c(OC)c(OC)c1. The molecule has 0 radical (unpaired) electrons. The van der Waals surface area contributed by atoms with Gasteiger partial charge in [-0.3, -0.25) is 9.59 Å². The van der Waals surface area contributed by atoms with E-state index in [1.165, 1.54) is 21.3 Å². The molecule has 0 saturated heterocycles. The van der Waals surface area contributed by atoms with Crippen LogP contribution in [0, 0.1) is 0 Å². The highest BCUT2D eigenvalue weighted by Gasteiger charge is 2.21. The van der Waals surface area contributed by atoms with Crippen molar-refractivity contribution in [2.45, 2.75) is 33.1 Å². The first-order valence-electron chi connectivity index (χ1n) is 8.77. The molecular weight excluding hydrogens is 338 g/mol. The average Bonchev–Trinajstić information content (AvgIpc) is 2.66. The van der Waals surface area contributed by atoms with Gasteiger partial charge in [-0.2, -0.15) is 0 Å². The van der Waals surface area contributed by atoms with Gasteiger partial charge in [0.2, 0.25) is 5.75 Å². The first kappa shape index (κ1) is 21.6. The minimum absolute atomic E-state index is 0.160. The van der Waals surface area contributed by atoms with Crippen LogP contribution in [0.5, 0.6) is 17.2 Å². The highest BCUT2D eigenvalue weighted by molar-refractivity contribution is 5.95. The van der Waals surface area contributed by atoms with Gasteiger partial charge >= 0.3 is 5.97 Å². The normalized spacial score (nSPS) is 10.2. The molecule has 1 rings (SSSR count). The summed E-state index contributed by atoms with van der Waals surface area (Å²) in [5.41, 5.74) is 0.416. The molecule has 0 aromatic heterocycles. The standard InChI is InChI=1S/C19H29NO6/c1-6-8-10-20(11-9-17(21)26-7-2)19(22)14-12-15(23-3)18(25-5)16(13-14)24-4/h12-13H,6-11H2,1-5H3. The molecule has 0 N–H and O–H groups in total. The molecule has 0 aliphatic rings. The van der Waals surface area contributed by atoms with Crippen LogP contribution >= 0.6 is 0 Å². The van der Waals surface area contributed by atoms with Crippen LogP contribution in [-0.2, 0) is 9.53 Å². The van der Waals surface area contributed by atoms with Gasteiger partial charge in [0.25, 0.3) is 5.91 Å². The predicted octanol–water partition coefficient (Wildman–Crippen LogP) is 2.91. The third-order valence-electron chi connectivity index (χ3n) is 3.87. The number of unbranched alkanes of at least 4 members (excludes halogenated alkanes) is 1. The number of hydrogen-bond acceptors (Lipinski definition) is 6. The van der Waals surface area contributed by atoms with E-state index in [1.54, 1.807) is 24.0 Å². The molecule has 0 unspecified atom stereocenters. The number of benzene rings is 1. The van der Waals surface area contributed by atoms with Crippen molar-refractivity contribution in [2.75, 3.05) is 41.0 Å². The van der Waals surface area contributed by atoms with E-state index in [0.717, 1.165) is 12.8 Å². The molecule has 146 valence electrons. The fourth-order valence-electron chi connectivity index (χ4n) is 2.51. The molecule has 0 fully saturated rings. The van der Waals surface area contributed by atoms with E-state index in [2.05, 4.69) is 0 Å². The van der Waals surface area contributed by atoms with Crippen molar-refractivity contribution in [1.82, 2.24) is 4.90 Å². The molecule has 1 aromatic rings. The lowest BCUT2D eigenvalue weighted by atomic mass is 10.1. The highest BCUT2D eigenvalue weighted by Crippen LogP contribution is 2.38. The molecule has 0 spiro atoms. The van der Waals surface area contributed by atoms with Crippen LogP contribution in [-0.4, -0.2) is 57.8 Å². The van der Waals surface area contributed by atoms with Gasteiger partial charge in [-0.25, -0.2) is 0 Å². The smallest absolute Gasteiger partial charge is 0.307 e. The van der Waals surface area contributed by atoms with Crippen LogP contribution in [0.2, 0.25) is 0 Å². The maximum atomic E-state index is 13.0. The Morgan fingerprint density at radius 2 is 1.58 bits per heavy atom. The van der Waals surface area contributed by atoms with Crippen LogP contribution in [0.4, 0.5) is 0 Å². The summed E-state index contributed by atoms with van der Waals surface area (Å²) in [6, 6.07) is 3.24. The molecule has 0 bridgehead atoms. The molecule has 1 amide bonds. The zero-order valence-corrected chi connectivity index (χ0v) is 16.3. The monoisotopic (exact) mass is 367 g/mol. The molecule has 26 heavy (non-hydrogen) atoms. The number of nitrogens with zero attached hydrogens (tertiary/aromatic N) is 1. The zero-order chi connectivity index (χ0) is 19.5. The van der Waals surface area contributed by atoms with Gasteiger partial charge in [0.05, 0.1) is 34.4 Å². The Hall–Kier alpha value is -2.44. The Morgan fingerprint density at radius 3 is 2.04 bits per heavy atom. The van der Waals surface area contributed by atoms with Crippen molar-refractivity contribution in [3.05, 3.63) is 17.7 Å². The molecule has 0 atom stereocenters. The maximum absolute atomic E-state index is 13.0. The summed E-state index contributed by atoms with van der Waals surface area (Å²) in [4.78, 5) is 26.3. The lowest BCUT2D eigenvalue weighted by Crippen LogP contribution is -2.34. The fraction of sp³-hybridized carbons (Fsp3) is 0.579. The van der Waals surface area contributed by atoms with E-state index in [0.29, 0.717) is 42.5 Å². The predicted molar refractivity (Wildman–Crippen MR) is 98.2 cm³/mol. The van der Waals surface area contributed by atoms with E-state index in [1.807, 2.05) is 6.92 Å². The highest BCUT2D eigenvalue weighted by atomic mass is 16.5. The Morgan fingerprint density at radius 1 is 0.962 bits per heavy atom. The number of carbonyl (C=O) groups excluding carboxylic acids is 2. The van der Waals surface area contributed by atoms with E-state index in [4.69, 9.17) is 18.9 Å². The summed E-state index contributed by atoms with van der Waals surface area (Å²) in [7, 11) is 4.51. The molecule has 7 nitrogen and oxygen atoms in total. The van der Waals surface area contributed by atoms with Crippen LogP contribution in [0.1, 0.15) is 43.5 Å². The lowest BCUT2D eigenvalue weighted by molar-refractivity contribution is -0.143. The van der Waals surface area contributed by atoms with E-state index < -0.39 is 0 Å². The molecule has 0 heterocycles. The molecule has 0 saturated carbocycles. The number of rotatable bonds is 11. The fourth-order valence-corrected chi connectivity index (χ4v) is 2.51. The van der Waals surface area contributed by atoms with Gasteiger partial charge in [0, 0.05) is 18.7 Å². The van der Waals surface area contributed by atoms with E-state index in [-0.39, 0.29) is 18.3 Å². The Kier molecular flexibility index (Phi) is 9.33. The summed E-state index contributed by atoms with van der Waals surface area (Å²) < 4.78 is 20.9. The van der Waals surface area contributed by atoms with Gasteiger partial charge in [-0.15, -0.1) is 0 Å². The van der Waals surface area contributed by atoms with Crippen molar-refractivity contribution in [2.24, 2.45) is 0 Å². The zero-order valence-electron chi connectivity index (χ0n) is 16.3.